The molecule has 8 rings (SSSR count). The number of allylic oxidation sites excluding steroid dienone is 1. The molecule has 0 saturated carbocycles. The van der Waals surface area contributed by atoms with Crippen LogP contribution in [0.3, 0.4) is 0 Å². The zero-order chi connectivity index (χ0) is 32.6. The van der Waals surface area contributed by atoms with Crippen LogP contribution >= 0.6 is 0 Å². The van der Waals surface area contributed by atoms with E-state index in [1.54, 1.807) is 0 Å². The molecule has 2 heterocycles. The molecule has 0 radical (unpaired) electrons. The van der Waals surface area contributed by atoms with Crippen LogP contribution in [0.15, 0.2) is 146 Å². The van der Waals surface area contributed by atoms with Gasteiger partial charge in [0.05, 0.1) is 39.1 Å². The molecular weight excluding hydrogens is 585 g/mol. The first-order valence-electron chi connectivity index (χ1n) is 16.0. The van der Waals surface area contributed by atoms with E-state index in [-0.39, 0.29) is 0 Å². The van der Waals surface area contributed by atoms with E-state index in [4.69, 9.17) is 0 Å². The summed E-state index contributed by atoms with van der Waals surface area (Å²) in [6.45, 7) is 2.15. The second-order valence-corrected chi connectivity index (χ2v) is 12.0. The van der Waals surface area contributed by atoms with Crippen LogP contribution in [0.2, 0.25) is 0 Å². The van der Waals surface area contributed by atoms with Crippen molar-refractivity contribution < 1.29 is 0 Å². The largest absolute Gasteiger partial charge is 0.307 e. The van der Waals surface area contributed by atoms with Crippen LogP contribution in [0.25, 0.3) is 61.3 Å². The highest BCUT2D eigenvalue weighted by Crippen LogP contribution is 2.39. The SMILES string of the molecule is Cc1c(/C=C\Cc2ccccc2)n(-c2cc(C#N)c(C#N)cc2-n2c3ccccc3c3cc(-c4ccccc4)ccc32)c2ccccc12. The summed E-state index contributed by atoms with van der Waals surface area (Å²) in [5.41, 5.74) is 11.2. The molecule has 0 aliphatic carbocycles. The van der Waals surface area contributed by atoms with Crippen LogP contribution in [0.5, 0.6) is 0 Å². The first-order valence-corrected chi connectivity index (χ1v) is 16.0. The molecule has 0 aliphatic heterocycles. The van der Waals surface area contributed by atoms with Crippen molar-refractivity contribution in [2.75, 3.05) is 0 Å². The summed E-state index contributed by atoms with van der Waals surface area (Å²) in [7, 11) is 0. The van der Waals surface area contributed by atoms with Crippen LogP contribution in [0.1, 0.15) is 27.9 Å². The van der Waals surface area contributed by atoms with Crippen LogP contribution in [0, 0.1) is 29.6 Å². The van der Waals surface area contributed by atoms with Crippen LogP contribution in [-0.2, 0) is 6.42 Å². The van der Waals surface area contributed by atoms with E-state index in [0.29, 0.717) is 11.1 Å². The molecule has 2 aromatic heterocycles. The number of benzene rings is 6. The van der Waals surface area contributed by atoms with Gasteiger partial charge in [0, 0.05) is 21.9 Å². The van der Waals surface area contributed by atoms with Gasteiger partial charge in [0.25, 0.3) is 0 Å². The van der Waals surface area contributed by atoms with Gasteiger partial charge in [-0.1, -0.05) is 109 Å². The monoisotopic (exact) mass is 614 g/mol. The molecule has 48 heavy (non-hydrogen) atoms. The molecule has 8 aromatic rings. The predicted octanol–water partition coefficient (Wildman–Crippen LogP) is 10.7. The number of aromatic nitrogens is 2. The standard InChI is InChI=1S/C44H30N4/c1-30-36-18-8-10-20-40(36)47(39(30)22-12-15-31-13-4-2-5-14-31)43-26-34(28-45)35(29-46)27-44(43)48-41-21-11-9-19-37(41)38-25-33(23-24-42(38)48)32-16-6-3-7-17-32/h2-14,16-27H,15H2,1H3/b22-12-. The van der Waals surface area contributed by atoms with E-state index in [2.05, 4.69) is 156 Å². The predicted molar refractivity (Wildman–Crippen MR) is 196 cm³/mol. The van der Waals surface area contributed by atoms with E-state index >= 15 is 0 Å². The molecule has 0 bridgehead atoms. The van der Waals surface area contributed by atoms with Crippen molar-refractivity contribution >= 4 is 38.8 Å². The van der Waals surface area contributed by atoms with Gasteiger partial charge >= 0.3 is 0 Å². The molecule has 0 amide bonds. The van der Waals surface area contributed by atoms with Gasteiger partial charge < -0.3 is 9.13 Å². The van der Waals surface area contributed by atoms with Crippen LogP contribution < -0.4 is 0 Å². The molecule has 0 unspecified atom stereocenters. The first kappa shape index (κ1) is 28.8. The number of nitriles is 2. The topological polar surface area (TPSA) is 57.4 Å². The highest BCUT2D eigenvalue weighted by atomic mass is 15.1. The van der Waals surface area contributed by atoms with Gasteiger partial charge in [-0.05, 0) is 78.1 Å². The lowest BCUT2D eigenvalue weighted by atomic mass is 10.0. The summed E-state index contributed by atoms with van der Waals surface area (Å²) >= 11 is 0. The third-order valence-electron chi connectivity index (χ3n) is 9.26. The number of para-hydroxylation sites is 2. The smallest absolute Gasteiger partial charge is 0.101 e. The Morgan fingerprint density at radius 1 is 0.542 bits per heavy atom. The van der Waals surface area contributed by atoms with Crippen LogP contribution in [-0.4, -0.2) is 9.13 Å². The highest BCUT2D eigenvalue weighted by molar-refractivity contribution is 6.11. The number of hydrogen-bond donors (Lipinski definition) is 0. The van der Waals surface area contributed by atoms with Crippen molar-refractivity contribution in [2.24, 2.45) is 0 Å². The molecule has 6 aromatic carbocycles. The minimum Gasteiger partial charge on any atom is -0.307 e. The minimum absolute atomic E-state index is 0.345. The Kier molecular flexibility index (Phi) is 7.18. The zero-order valence-corrected chi connectivity index (χ0v) is 26.4. The Hall–Kier alpha value is -6.62. The number of hydrogen-bond acceptors (Lipinski definition) is 2. The fourth-order valence-electron chi connectivity index (χ4n) is 6.96. The van der Waals surface area contributed by atoms with Crippen molar-refractivity contribution in [1.82, 2.24) is 9.13 Å². The molecule has 0 fully saturated rings. The first-order chi connectivity index (χ1) is 23.7. The summed E-state index contributed by atoms with van der Waals surface area (Å²) < 4.78 is 4.50. The fraction of sp³-hybridized carbons (Fsp3) is 0.0455. The highest BCUT2D eigenvalue weighted by Gasteiger charge is 2.22. The molecular formula is C44H30N4. The maximum absolute atomic E-state index is 10.2. The number of rotatable bonds is 6. The van der Waals surface area contributed by atoms with E-state index in [1.165, 1.54) is 5.56 Å². The van der Waals surface area contributed by atoms with Crippen molar-refractivity contribution in [2.45, 2.75) is 13.3 Å². The van der Waals surface area contributed by atoms with Crippen molar-refractivity contribution in [3.8, 4) is 34.6 Å². The summed E-state index contributed by atoms with van der Waals surface area (Å²) in [5, 5.41) is 23.9. The summed E-state index contributed by atoms with van der Waals surface area (Å²) in [6.07, 6.45) is 5.18. The quantitative estimate of drug-likeness (QED) is 0.187. The molecule has 0 saturated heterocycles. The Labute approximate surface area is 279 Å². The lowest BCUT2D eigenvalue weighted by molar-refractivity contribution is 1.04. The van der Waals surface area contributed by atoms with E-state index in [9.17, 15) is 10.5 Å². The van der Waals surface area contributed by atoms with E-state index in [1.807, 2.05) is 24.3 Å². The molecule has 0 atom stereocenters. The number of fused-ring (bicyclic) bond motifs is 4. The maximum atomic E-state index is 10.2. The zero-order valence-electron chi connectivity index (χ0n) is 26.4. The minimum atomic E-state index is 0.345. The normalized spacial score (nSPS) is 11.4. The summed E-state index contributed by atoms with van der Waals surface area (Å²) in [5.74, 6) is 0. The number of aryl methyl sites for hydroxylation is 1. The molecule has 4 heteroatoms. The molecule has 0 spiro atoms. The molecule has 0 N–H and O–H groups in total. The van der Waals surface area contributed by atoms with Crippen molar-refractivity contribution in [3.63, 3.8) is 0 Å². The Morgan fingerprint density at radius 2 is 1.10 bits per heavy atom. The van der Waals surface area contributed by atoms with Crippen molar-refractivity contribution in [3.05, 3.63) is 174 Å². The average molecular weight is 615 g/mol. The molecule has 226 valence electrons. The third kappa shape index (κ3) is 4.76. The Bertz CT molecular complexity index is 2610. The second kappa shape index (κ2) is 12.0. The third-order valence-corrected chi connectivity index (χ3v) is 9.26. The Morgan fingerprint density at radius 3 is 1.79 bits per heavy atom. The summed E-state index contributed by atoms with van der Waals surface area (Å²) in [4.78, 5) is 0. The van der Waals surface area contributed by atoms with Gasteiger partial charge in [0.2, 0.25) is 0 Å². The van der Waals surface area contributed by atoms with E-state index < -0.39 is 0 Å². The van der Waals surface area contributed by atoms with E-state index in [0.717, 1.165) is 72.9 Å². The van der Waals surface area contributed by atoms with Gasteiger partial charge in [-0.25, -0.2) is 0 Å². The molecule has 0 aliphatic rings. The van der Waals surface area contributed by atoms with Gasteiger partial charge in [0.15, 0.2) is 0 Å². The second-order valence-electron chi connectivity index (χ2n) is 12.0. The maximum Gasteiger partial charge on any atom is 0.101 e. The van der Waals surface area contributed by atoms with Gasteiger partial charge in [0.1, 0.15) is 12.1 Å². The van der Waals surface area contributed by atoms with Crippen molar-refractivity contribution in [1.29, 1.82) is 10.5 Å². The number of nitrogens with zero attached hydrogens (tertiary/aromatic N) is 4. The lowest BCUT2D eigenvalue weighted by Gasteiger charge is -2.18. The fourth-order valence-corrected chi connectivity index (χ4v) is 6.96. The van der Waals surface area contributed by atoms with Gasteiger partial charge in [-0.15, -0.1) is 0 Å². The summed E-state index contributed by atoms with van der Waals surface area (Å²) in [6, 6.07) is 52.6. The molecule has 4 nitrogen and oxygen atoms in total. The van der Waals surface area contributed by atoms with Crippen LogP contribution in [0.4, 0.5) is 0 Å². The Balaban J connectivity index is 1.43. The lowest BCUT2D eigenvalue weighted by Crippen LogP contribution is -2.07. The van der Waals surface area contributed by atoms with Gasteiger partial charge in [-0.2, -0.15) is 10.5 Å². The van der Waals surface area contributed by atoms with Gasteiger partial charge in [-0.3, -0.25) is 0 Å². The average Bonchev–Trinajstić information content (AvgIpc) is 3.62.